The summed E-state index contributed by atoms with van der Waals surface area (Å²) in [6, 6.07) is 12.8. The third-order valence-corrected chi connectivity index (χ3v) is 2.76. The predicted molar refractivity (Wildman–Crippen MR) is 85.2 cm³/mol. The predicted octanol–water partition coefficient (Wildman–Crippen LogP) is 2.75. The molecule has 2 rings (SSSR count). The fraction of sp³-hybridized carbons (Fsp3) is 0.176. The summed E-state index contributed by atoms with van der Waals surface area (Å²) in [5.74, 6) is 0.521. The lowest BCUT2D eigenvalue weighted by atomic mass is 10.2. The largest absolute Gasteiger partial charge is 0.494 e. The molecule has 0 spiro atoms. The number of nitrogens with one attached hydrogen (secondary N) is 1. The standard InChI is InChI=1S/C17H17FN2O3/c1-2-22-15-6-8-16(9-7-15)23-12-17(21)20-19-11-13-4-3-5-14(18)10-13/h3-11H,2,12H2,1H3,(H,20,21)/b19-11+. The molecule has 0 fully saturated rings. The van der Waals surface area contributed by atoms with Crippen molar-refractivity contribution in [3.05, 3.63) is 59.9 Å². The highest BCUT2D eigenvalue weighted by Gasteiger charge is 2.02. The molecule has 0 aromatic heterocycles. The van der Waals surface area contributed by atoms with E-state index in [1.165, 1.54) is 18.3 Å². The molecule has 6 heteroatoms. The summed E-state index contributed by atoms with van der Waals surface area (Å²) in [7, 11) is 0. The molecule has 23 heavy (non-hydrogen) atoms. The number of halogens is 1. The van der Waals surface area contributed by atoms with Crippen LogP contribution in [0.15, 0.2) is 53.6 Å². The summed E-state index contributed by atoms with van der Waals surface area (Å²) >= 11 is 0. The lowest BCUT2D eigenvalue weighted by Gasteiger charge is -2.06. The average Bonchev–Trinajstić information content (AvgIpc) is 2.55. The molecule has 0 bridgehead atoms. The summed E-state index contributed by atoms with van der Waals surface area (Å²) in [6.07, 6.45) is 1.36. The maximum absolute atomic E-state index is 13.0. The SMILES string of the molecule is CCOc1ccc(OCC(=O)N/N=C/c2cccc(F)c2)cc1. The maximum atomic E-state index is 13.0. The van der Waals surface area contributed by atoms with E-state index in [9.17, 15) is 9.18 Å². The minimum atomic E-state index is -0.411. The third-order valence-electron chi connectivity index (χ3n) is 2.76. The maximum Gasteiger partial charge on any atom is 0.277 e. The summed E-state index contributed by atoms with van der Waals surface area (Å²) in [5.41, 5.74) is 2.86. The van der Waals surface area contributed by atoms with Crippen LogP contribution in [0.5, 0.6) is 11.5 Å². The molecule has 1 amide bonds. The number of amides is 1. The Morgan fingerprint density at radius 1 is 1.17 bits per heavy atom. The van der Waals surface area contributed by atoms with Gasteiger partial charge in [-0.25, -0.2) is 9.82 Å². The van der Waals surface area contributed by atoms with Crippen LogP contribution in [0.25, 0.3) is 0 Å². The number of hydrogen-bond acceptors (Lipinski definition) is 4. The van der Waals surface area contributed by atoms with Crippen LogP contribution < -0.4 is 14.9 Å². The highest BCUT2D eigenvalue weighted by atomic mass is 19.1. The van der Waals surface area contributed by atoms with Gasteiger partial charge in [0, 0.05) is 0 Å². The van der Waals surface area contributed by atoms with Crippen LogP contribution in [0.4, 0.5) is 4.39 Å². The van der Waals surface area contributed by atoms with Crippen molar-refractivity contribution in [3.63, 3.8) is 0 Å². The zero-order chi connectivity index (χ0) is 16.5. The minimum absolute atomic E-state index is 0.172. The Balaban J connectivity index is 1.76. The van der Waals surface area contributed by atoms with Gasteiger partial charge < -0.3 is 9.47 Å². The molecule has 5 nitrogen and oxygen atoms in total. The highest BCUT2D eigenvalue weighted by Crippen LogP contribution is 2.17. The van der Waals surface area contributed by atoms with Crippen LogP contribution in [0.3, 0.4) is 0 Å². The first kappa shape index (κ1) is 16.5. The Morgan fingerprint density at radius 2 is 1.87 bits per heavy atom. The number of rotatable bonds is 7. The first-order chi connectivity index (χ1) is 11.2. The number of ether oxygens (including phenoxy) is 2. The van der Waals surface area contributed by atoms with Crippen molar-refractivity contribution in [1.82, 2.24) is 5.43 Å². The van der Waals surface area contributed by atoms with E-state index in [2.05, 4.69) is 10.5 Å². The van der Waals surface area contributed by atoms with Crippen molar-refractivity contribution in [2.24, 2.45) is 5.10 Å². The number of hydrazone groups is 1. The first-order valence-corrected chi connectivity index (χ1v) is 7.10. The van der Waals surface area contributed by atoms with Crippen LogP contribution in [0.2, 0.25) is 0 Å². The molecule has 2 aromatic carbocycles. The van der Waals surface area contributed by atoms with Crippen LogP contribution in [0, 0.1) is 5.82 Å². The van der Waals surface area contributed by atoms with E-state index in [-0.39, 0.29) is 12.4 Å². The molecule has 120 valence electrons. The fourth-order valence-corrected chi connectivity index (χ4v) is 1.75. The lowest BCUT2D eigenvalue weighted by molar-refractivity contribution is -0.123. The van der Waals surface area contributed by atoms with Gasteiger partial charge in [-0.3, -0.25) is 4.79 Å². The van der Waals surface area contributed by atoms with Gasteiger partial charge >= 0.3 is 0 Å². The molecular weight excluding hydrogens is 299 g/mol. The summed E-state index contributed by atoms with van der Waals surface area (Å²) in [5, 5.41) is 3.74. The number of carbonyl (C=O) groups excluding carboxylic acids is 1. The highest BCUT2D eigenvalue weighted by molar-refractivity contribution is 5.82. The Hall–Kier alpha value is -2.89. The zero-order valence-corrected chi connectivity index (χ0v) is 12.7. The Bertz CT molecular complexity index is 672. The van der Waals surface area contributed by atoms with Gasteiger partial charge in [0.25, 0.3) is 5.91 Å². The average molecular weight is 316 g/mol. The van der Waals surface area contributed by atoms with Crippen molar-refractivity contribution in [3.8, 4) is 11.5 Å². The lowest BCUT2D eigenvalue weighted by Crippen LogP contribution is -2.24. The second-order valence-electron chi connectivity index (χ2n) is 4.54. The van der Waals surface area contributed by atoms with Crippen molar-refractivity contribution in [1.29, 1.82) is 0 Å². The molecular formula is C17H17FN2O3. The van der Waals surface area contributed by atoms with Crippen LogP contribution in [-0.4, -0.2) is 25.3 Å². The molecule has 0 atom stereocenters. The van der Waals surface area contributed by atoms with E-state index in [4.69, 9.17) is 9.47 Å². The fourth-order valence-electron chi connectivity index (χ4n) is 1.75. The van der Waals surface area contributed by atoms with E-state index in [1.807, 2.05) is 6.92 Å². The topological polar surface area (TPSA) is 59.9 Å². The number of hydrogen-bond donors (Lipinski definition) is 1. The van der Waals surface area contributed by atoms with Gasteiger partial charge in [-0.2, -0.15) is 5.10 Å². The number of nitrogens with zero attached hydrogens (tertiary/aromatic N) is 1. The van der Waals surface area contributed by atoms with Gasteiger partial charge in [0.05, 0.1) is 12.8 Å². The van der Waals surface area contributed by atoms with Gasteiger partial charge in [-0.1, -0.05) is 12.1 Å². The van der Waals surface area contributed by atoms with Crippen molar-refractivity contribution < 1.29 is 18.7 Å². The summed E-state index contributed by atoms with van der Waals surface area (Å²) < 4.78 is 23.6. The van der Waals surface area contributed by atoms with E-state index >= 15 is 0 Å². The molecule has 0 radical (unpaired) electrons. The molecule has 0 aliphatic heterocycles. The van der Waals surface area contributed by atoms with Gasteiger partial charge in [-0.15, -0.1) is 0 Å². The summed E-state index contributed by atoms with van der Waals surface area (Å²) in [6.45, 7) is 2.32. The van der Waals surface area contributed by atoms with Gasteiger partial charge in [-0.05, 0) is 48.9 Å². The van der Waals surface area contributed by atoms with Gasteiger partial charge in [0.2, 0.25) is 0 Å². The van der Waals surface area contributed by atoms with E-state index in [1.54, 1.807) is 36.4 Å². The van der Waals surface area contributed by atoms with Crippen molar-refractivity contribution in [2.75, 3.05) is 13.2 Å². The Morgan fingerprint density at radius 3 is 2.52 bits per heavy atom. The van der Waals surface area contributed by atoms with E-state index in [0.717, 1.165) is 5.75 Å². The molecule has 0 saturated carbocycles. The number of benzene rings is 2. The molecule has 0 aliphatic rings. The zero-order valence-electron chi connectivity index (χ0n) is 12.7. The van der Waals surface area contributed by atoms with E-state index in [0.29, 0.717) is 17.9 Å². The molecule has 0 aliphatic carbocycles. The minimum Gasteiger partial charge on any atom is -0.494 e. The monoisotopic (exact) mass is 316 g/mol. The second kappa shape index (κ2) is 8.53. The molecule has 2 aromatic rings. The smallest absolute Gasteiger partial charge is 0.277 e. The first-order valence-electron chi connectivity index (χ1n) is 7.10. The van der Waals surface area contributed by atoms with Crippen LogP contribution in [0.1, 0.15) is 12.5 Å². The quantitative estimate of drug-likeness (QED) is 0.631. The molecule has 0 saturated heterocycles. The van der Waals surface area contributed by atoms with Gasteiger partial charge in [0.15, 0.2) is 6.61 Å². The second-order valence-corrected chi connectivity index (χ2v) is 4.54. The molecule has 1 N–H and O–H groups in total. The Kier molecular flexibility index (Phi) is 6.11. The molecule has 0 heterocycles. The van der Waals surface area contributed by atoms with Crippen molar-refractivity contribution in [2.45, 2.75) is 6.92 Å². The summed E-state index contributed by atoms with van der Waals surface area (Å²) in [4.78, 5) is 11.6. The normalized spacial score (nSPS) is 10.5. The van der Waals surface area contributed by atoms with Crippen LogP contribution >= 0.6 is 0 Å². The van der Waals surface area contributed by atoms with Crippen molar-refractivity contribution >= 4 is 12.1 Å². The third kappa shape index (κ3) is 5.78. The van der Waals surface area contributed by atoms with Crippen LogP contribution in [-0.2, 0) is 4.79 Å². The van der Waals surface area contributed by atoms with E-state index < -0.39 is 5.91 Å². The van der Waals surface area contributed by atoms with Gasteiger partial charge in [0.1, 0.15) is 17.3 Å². The molecule has 0 unspecified atom stereocenters. The Labute approximate surface area is 133 Å². The number of carbonyl (C=O) groups is 1.